The van der Waals surface area contributed by atoms with Gasteiger partial charge in [0, 0.05) is 17.0 Å². The number of aryl methyl sites for hydroxylation is 2. The molecule has 0 bridgehead atoms. The third kappa shape index (κ3) is 5.60. The Hall–Kier alpha value is -2.34. The van der Waals surface area contributed by atoms with Gasteiger partial charge in [-0.15, -0.1) is 11.3 Å². The summed E-state index contributed by atoms with van der Waals surface area (Å²) in [6.07, 6.45) is 0.942. The molecule has 1 heterocycles. The fraction of sp³-hybridized carbons (Fsp3) is 0.368. The first-order chi connectivity index (χ1) is 11.9. The minimum Gasteiger partial charge on any atom is -0.481 e. The SMILES string of the molecule is Cc1cc(C(=O)NCC(C)Cc2cccs2)cc(C)c1OCC(=O)O. The number of thiophene rings is 1. The molecule has 0 saturated carbocycles. The number of carboxylic acid groups (broad SMARTS) is 1. The van der Waals surface area contributed by atoms with Crippen LogP contribution in [0.4, 0.5) is 0 Å². The van der Waals surface area contributed by atoms with E-state index in [0.717, 1.165) is 17.5 Å². The van der Waals surface area contributed by atoms with Crippen LogP contribution in [0.15, 0.2) is 29.6 Å². The van der Waals surface area contributed by atoms with Gasteiger partial charge in [-0.05, 0) is 60.9 Å². The summed E-state index contributed by atoms with van der Waals surface area (Å²) in [6, 6.07) is 7.59. The van der Waals surface area contributed by atoms with Crippen molar-refractivity contribution in [2.75, 3.05) is 13.2 Å². The van der Waals surface area contributed by atoms with Gasteiger partial charge in [0.15, 0.2) is 6.61 Å². The fourth-order valence-corrected chi connectivity index (χ4v) is 3.53. The molecule has 134 valence electrons. The molecule has 0 aliphatic carbocycles. The number of ether oxygens (including phenoxy) is 1. The number of carbonyl (C=O) groups is 2. The first kappa shape index (κ1) is 19.0. The number of hydrogen-bond donors (Lipinski definition) is 2. The molecule has 2 aromatic rings. The zero-order chi connectivity index (χ0) is 18.4. The van der Waals surface area contributed by atoms with Crippen LogP contribution < -0.4 is 10.1 Å². The Labute approximate surface area is 151 Å². The summed E-state index contributed by atoms with van der Waals surface area (Å²) in [6.45, 7) is 5.93. The van der Waals surface area contributed by atoms with Gasteiger partial charge >= 0.3 is 5.97 Å². The number of amides is 1. The standard InChI is InChI=1S/C19H23NO4S/c1-12(7-16-5-4-6-25-16)10-20-19(23)15-8-13(2)18(14(3)9-15)24-11-17(21)22/h4-6,8-9,12H,7,10-11H2,1-3H3,(H,20,23)(H,21,22). The maximum absolute atomic E-state index is 12.4. The third-order valence-electron chi connectivity index (χ3n) is 3.80. The van der Waals surface area contributed by atoms with Gasteiger partial charge in [0.25, 0.3) is 5.91 Å². The Kier molecular flexibility index (Phi) is 6.58. The number of rotatable bonds is 8. The molecule has 1 amide bonds. The second kappa shape index (κ2) is 8.67. The van der Waals surface area contributed by atoms with E-state index in [1.165, 1.54) is 4.88 Å². The van der Waals surface area contributed by atoms with Crippen molar-refractivity contribution in [1.29, 1.82) is 0 Å². The number of carbonyl (C=O) groups excluding carboxylic acids is 1. The molecule has 0 aliphatic heterocycles. The highest BCUT2D eigenvalue weighted by Crippen LogP contribution is 2.25. The molecule has 2 rings (SSSR count). The monoisotopic (exact) mass is 361 g/mol. The van der Waals surface area contributed by atoms with Crippen LogP contribution >= 0.6 is 11.3 Å². The predicted octanol–water partition coefficient (Wildman–Crippen LogP) is 3.44. The van der Waals surface area contributed by atoms with Gasteiger partial charge in [0.2, 0.25) is 0 Å². The number of carboxylic acids is 1. The first-order valence-corrected chi connectivity index (χ1v) is 9.01. The van der Waals surface area contributed by atoms with E-state index in [0.29, 0.717) is 23.8 Å². The molecule has 1 unspecified atom stereocenters. The lowest BCUT2D eigenvalue weighted by atomic mass is 10.0. The topological polar surface area (TPSA) is 75.6 Å². The van der Waals surface area contributed by atoms with E-state index in [4.69, 9.17) is 9.84 Å². The summed E-state index contributed by atoms with van der Waals surface area (Å²) in [7, 11) is 0. The normalized spacial score (nSPS) is 11.8. The average Bonchev–Trinajstić information content (AvgIpc) is 3.04. The molecule has 25 heavy (non-hydrogen) atoms. The molecule has 0 spiro atoms. The molecule has 6 heteroatoms. The van der Waals surface area contributed by atoms with Crippen LogP contribution in [0.1, 0.15) is 33.3 Å². The van der Waals surface area contributed by atoms with Gasteiger partial charge in [-0.1, -0.05) is 13.0 Å². The van der Waals surface area contributed by atoms with Crippen molar-refractivity contribution in [3.8, 4) is 5.75 Å². The third-order valence-corrected chi connectivity index (χ3v) is 4.70. The van der Waals surface area contributed by atoms with Crippen molar-refractivity contribution in [3.63, 3.8) is 0 Å². The van der Waals surface area contributed by atoms with E-state index in [9.17, 15) is 9.59 Å². The maximum Gasteiger partial charge on any atom is 0.341 e. The van der Waals surface area contributed by atoms with Crippen molar-refractivity contribution < 1.29 is 19.4 Å². The van der Waals surface area contributed by atoms with E-state index in [2.05, 4.69) is 23.7 Å². The van der Waals surface area contributed by atoms with Gasteiger partial charge in [0.05, 0.1) is 0 Å². The molecule has 1 aromatic heterocycles. The Balaban J connectivity index is 1.95. The summed E-state index contributed by atoms with van der Waals surface area (Å²) in [5, 5.41) is 13.7. The zero-order valence-electron chi connectivity index (χ0n) is 14.7. The average molecular weight is 361 g/mol. The summed E-state index contributed by atoms with van der Waals surface area (Å²) >= 11 is 1.73. The highest BCUT2D eigenvalue weighted by Gasteiger charge is 2.14. The summed E-state index contributed by atoms with van der Waals surface area (Å²) in [5.74, 6) is -0.289. The molecule has 0 aliphatic rings. The quantitative estimate of drug-likeness (QED) is 0.755. The van der Waals surface area contributed by atoms with Crippen molar-refractivity contribution in [1.82, 2.24) is 5.32 Å². The largest absolute Gasteiger partial charge is 0.481 e. The molecule has 5 nitrogen and oxygen atoms in total. The van der Waals surface area contributed by atoms with E-state index in [1.807, 2.05) is 6.07 Å². The van der Waals surface area contributed by atoms with E-state index >= 15 is 0 Å². The number of hydrogen-bond acceptors (Lipinski definition) is 4. The highest BCUT2D eigenvalue weighted by molar-refractivity contribution is 7.09. The van der Waals surface area contributed by atoms with Crippen LogP contribution in [-0.2, 0) is 11.2 Å². The minimum atomic E-state index is -1.03. The fourth-order valence-electron chi connectivity index (χ4n) is 2.66. The van der Waals surface area contributed by atoms with Gasteiger partial charge in [-0.25, -0.2) is 4.79 Å². The Morgan fingerprint density at radius 2 is 1.96 bits per heavy atom. The van der Waals surface area contributed by atoms with Crippen molar-refractivity contribution in [3.05, 3.63) is 51.2 Å². The first-order valence-electron chi connectivity index (χ1n) is 8.13. The summed E-state index contributed by atoms with van der Waals surface area (Å²) in [4.78, 5) is 24.3. The molecule has 0 fully saturated rings. The van der Waals surface area contributed by atoms with Crippen molar-refractivity contribution in [2.24, 2.45) is 5.92 Å². The van der Waals surface area contributed by atoms with Gasteiger partial charge in [0.1, 0.15) is 5.75 Å². The van der Waals surface area contributed by atoms with E-state index in [1.54, 1.807) is 37.3 Å². The van der Waals surface area contributed by atoms with Crippen LogP contribution in [0.25, 0.3) is 0 Å². The lowest BCUT2D eigenvalue weighted by Crippen LogP contribution is -2.29. The highest BCUT2D eigenvalue weighted by atomic mass is 32.1. The number of aliphatic carboxylic acids is 1. The van der Waals surface area contributed by atoms with Crippen LogP contribution in [0.3, 0.4) is 0 Å². The zero-order valence-corrected chi connectivity index (χ0v) is 15.5. The summed E-state index contributed by atoms with van der Waals surface area (Å²) < 4.78 is 5.29. The lowest BCUT2D eigenvalue weighted by Gasteiger charge is -2.14. The predicted molar refractivity (Wildman–Crippen MR) is 98.6 cm³/mol. The van der Waals surface area contributed by atoms with Crippen LogP contribution in [0, 0.1) is 19.8 Å². The Morgan fingerprint density at radius 3 is 2.52 bits per heavy atom. The smallest absolute Gasteiger partial charge is 0.341 e. The molecule has 0 saturated heterocycles. The second-order valence-corrected chi connectivity index (χ2v) is 7.25. The van der Waals surface area contributed by atoms with Gasteiger partial charge in [-0.3, -0.25) is 4.79 Å². The van der Waals surface area contributed by atoms with Gasteiger partial charge in [-0.2, -0.15) is 0 Å². The molecule has 1 aromatic carbocycles. The van der Waals surface area contributed by atoms with Gasteiger partial charge < -0.3 is 15.2 Å². The molecular weight excluding hydrogens is 338 g/mol. The molecular formula is C19H23NO4S. The van der Waals surface area contributed by atoms with Crippen molar-refractivity contribution >= 4 is 23.2 Å². The van der Waals surface area contributed by atoms with E-state index < -0.39 is 12.6 Å². The Bertz CT molecular complexity index is 717. The van der Waals surface area contributed by atoms with E-state index in [-0.39, 0.29) is 5.91 Å². The molecule has 2 N–H and O–H groups in total. The lowest BCUT2D eigenvalue weighted by molar-refractivity contribution is -0.139. The molecule has 1 atom stereocenters. The van der Waals surface area contributed by atoms with Crippen LogP contribution in [0.2, 0.25) is 0 Å². The molecule has 0 radical (unpaired) electrons. The van der Waals surface area contributed by atoms with Crippen LogP contribution in [0.5, 0.6) is 5.75 Å². The Morgan fingerprint density at radius 1 is 1.28 bits per heavy atom. The summed E-state index contributed by atoms with van der Waals surface area (Å²) in [5.41, 5.74) is 2.05. The number of nitrogens with one attached hydrogen (secondary N) is 1. The second-order valence-electron chi connectivity index (χ2n) is 6.22. The van der Waals surface area contributed by atoms with Crippen molar-refractivity contribution in [2.45, 2.75) is 27.2 Å². The number of benzene rings is 1. The maximum atomic E-state index is 12.4. The minimum absolute atomic E-state index is 0.131. The van der Waals surface area contributed by atoms with Crippen LogP contribution in [-0.4, -0.2) is 30.1 Å².